The lowest BCUT2D eigenvalue weighted by Gasteiger charge is -2.11. The monoisotopic (exact) mass is 414 g/mol. The Kier molecular flexibility index (Phi) is 4.81. The van der Waals surface area contributed by atoms with Crippen molar-refractivity contribution in [1.29, 1.82) is 0 Å². The molecule has 0 aliphatic carbocycles. The largest absolute Gasteiger partial charge is 0.266 e. The topological polar surface area (TPSA) is 59.1 Å². The molecule has 1 heterocycles. The predicted octanol–water partition coefficient (Wildman–Crippen LogP) is 4.61. The minimum absolute atomic E-state index is 0.00102. The highest BCUT2D eigenvalue weighted by Gasteiger charge is 2.23. The standard InChI is InChI=1S/C11H6BrCl3N2O2S/c12-6-3-8(14)11(9(15)4-6)20(18,19)17-10-5-7(13)1-2-16-10/h1-5H,(H,16,17). The Balaban J connectivity index is 2.46. The van der Waals surface area contributed by atoms with E-state index in [1.165, 1.54) is 30.5 Å². The molecule has 0 radical (unpaired) electrons. The third-order valence-electron chi connectivity index (χ3n) is 2.19. The van der Waals surface area contributed by atoms with E-state index in [9.17, 15) is 8.42 Å². The number of hydrogen-bond donors (Lipinski definition) is 1. The van der Waals surface area contributed by atoms with Crippen molar-refractivity contribution < 1.29 is 8.42 Å². The van der Waals surface area contributed by atoms with Gasteiger partial charge >= 0.3 is 0 Å². The zero-order chi connectivity index (χ0) is 14.9. The van der Waals surface area contributed by atoms with Gasteiger partial charge in [-0.1, -0.05) is 50.7 Å². The number of sulfonamides is 1. The van der Waals surface area contributed by atoms with Crippen molar-refractivity contribution in [2.75, 3.05) is 4.72 Å². The highest BCUT2D eigenvalue weighted by Crippen LogP contribution is 2.33. The summed E-state index contributed by atoms with van der Waals surface area (Å²) < 4.78 is 27.4. The van der Waals surface area contributed by atoms with E-state index < -0.39 is 10.0 Å². The van der Waals surface area contributed by atoms with Crippen molar-refractivity contribution in [2.24, 2.45) is 0 Å². The van der Waals surface area contributed by atoms with Gasteiger partial charge in [-0.3, -0.25) is 4.72 Å². The summed E-state index contributed by atoms with van der Waals surface area (Å²) >= 11 is 20.8. The van der Waals surface area contributed by atoms with Gasteiger partial charge in [-0.2, -0.15) is 0 Å². The van der Waals surface area contributed by atoms with Crippen LogP contribution in [0.5, 0.6) is 0 Å². The van der Waals surface area contributed by atoms with Crippen LogP contribution in [-0.2, 0) is 10.0 Å². The lowest BCUT2D eigenvalue weighted by atomic mass is 10.4. The molecule has 0 fully saturated rings. The Morgan fingerprint density at radius 1 is 1.10 bits per heavy atom. The number of halogens is 4. The zero-order valence-corrected chi connectivity index (χ0v) is 14.2. The number of anilines is 1. The number of rotatable bonds is 3. The molecule has 20 heavy (non-hydrogen) atoms. The highest BCUT2D eigenvalue weighted by molar-refractivity contribution is 9.10. The number of pyridine rings is 1. The number of nitrogens with one attached hydrogen (secondary N) is 1. The summed E-state index contributed by atoms with van der Waals surface area (Å²) in [5.41, 5.74) is 0. The van der Waals surface area contributed by atoms with Crippen LogP contribution in [0.2, 0.25) is 15.1 Å². The maximum atomic E-state index is 12.3. The molecular weight excluding hydrogens is 410 g/mol. The van der Waals surface area contributed by atoms with E-state index in [2.05, 4.69) is 25.6 Å². The summed E-state index contributed by atoms with van der Waals surface area (Å²) in [4.78, 5) is 3.64. The molecule has 106 valence electrons. The molecule has 4 nitrogen and oxygen atoms in total. The summed E-state index contributed by atoms with van der Waals surface area (Å²) in [6, 6.07) is 5.78. The van der Waals surface area contributed by atoms with Gasteiger partial charge in [-0.15, -0.1) is 0 Å². The first kappa shape index (κ1) is 15.9. The first-order valence-corrected chi connectivity index (χ1v) is 8.49. The van der Waals surface area contributed by atoms with Crippen LogP contribution >= 0.6 is 50.7 Å². The molecule has 1 N–H and O–H groups in total. The summed E-state index contributed by atoms with van der Waals surface area (Å²) in [6.45, 7) is 0. The van der Waals surface area contributed by atoms with Crippen LogP contribution in [0, 0.1) is 0 Å². The van der Waals surface area contributed by atoms with Gasteiger partial charge in [0.1, 0.15) is 10.7 Å². The van der Waals surface area contributed by atoms with Crippen molar-refractivity contribution in [3.8, 4) is 0 Å². The smallest absolute Gasteiger partial charge is 0.263 e. The van der Waals surface area contributed by atoms with Crippen LogP contribution < -0.4 is 4.72 Å². The average Bonchev–Trinajstić information content (AvgIpc) is 2.25. The van der Waals surface area contributed by atoms with Crippen LogP contribution in [0.4, 0.5) is 5.82 Å². The molecule has 9 heteroatoms. The molecule has 0 saturated carbocycles. The molecule has 1 aromatic heterocycles. The Morgan fingerprint density at radius 3 is 2.25 bits per heavy atom. The fourth-order valence-corrected chi connectivity index (χ4v) is 4.53. The molecule has 0 spiro atoms. The van der Waals surface area contributed by atoms with Crippen molar-refractivity contribution in [1.82, 2.24) is 4.98 Å². The quantitative estimate of drug-likeness (QED) is 0.795. The van der Waals surface area contributed by atoms with E-state index in [1.54, 1.807) is 0 Å². The van der Waals surface area contributed by atoms with Gasteiger partial charge in [-0.05, 0) is 18.2 Å². The maximum Gasteiger partial charge on any atom is 0.266 e. The van der Waals surface area contributed by atoms with Gasteiger partial charge in [0.2, 0.25) is 0 Å². The van der Waals surface area contributed by atoms with Gasteiger partial charge in [0.05, 0.1) is 10.0 Å². The molecule has 0 atom stereocenters. The molecule has 2 aromatic rings. The summed E-state index contributed by atoms with van der Waals surface area (Å²) in [7, 11) is -3.96. The third-order valence-corrected chi connectivity index (χ3v) is 5.16. The van der Waals surface area contributed by atoms with E-state index in [0.717, 1.165) is 0 Å². The molecule has 0 bridgehead atoms. The maximum absolute atomic E-state index is 12.3. The number of benzene rings is 1. The van der Waals surface area contributed by atoms with Gasteiger partial charge < -0.3 is 0 Å². The minimum atomic E-state index is -3.96. The van der Waals surface area contributed by atoms with Gasteiger partial charge in [-0.25, -0.2) is 13.4 Å². The van der Waals surface area contributed by atoms with Crippen LogP contribution in [0.25, 0.3) is 0 Å². The summed E-state index contributed by atoms with van der Waals surface area (Å²) in [6.07, 6.45) is 1.38. The second-order valence-corrected chi connectivity index (χ2v) is 7.45. The van der Waals surface area contributed by atoms with Crippen LogP contribution in [0.3, 0.4) is 0 Å². The van der Waals surface area contributed by atoms with Crippen LogP contribution in [-0.4, -0.2) is 13.4 Å². The Bertz CT molecular complexity index is 745. The first-order valence-electron chi connectivity index (χ1n) is 5.08. The van der Waals surface area contributed by atoms with E-state index >= 15 is 0 Å². The molecule has 0 amide bonds. The van der Waals surface area contributed by atoms with Gasteiger partial charge in [0.15, 0.2) is 0 Å². The van der Waals surface area contributed by atoms with E-state index in [4.69, 9.17) is 34.8 Å². The molecule has 0 aliphatic heterocycles. The van der Waals surface area contributed by atoms with Gasteiger partial charge in [0, 0.05) is 21.8 Å². The van der Waals surface area contributed by atoms with E-state index in [1.807, 2.05) is 0 Å². The Morgan fingerprint density at radius 2 is 1.70 bits per heavy atom. The SMILES string of the molecule is O=S(=O)(Nc1cc(Cl)ccn1)c1c(Cl)cc(Br)cc1Cl. The van der Waals surface area contributed by atoms with Crippen molar-refractivity contribution in [3.63, 3.8) is 0 Å². The van der Waals surface area contributed by atoms with E-state index in [-0.39, 0.29) is 20.8 Å². The van der Waals surface area contributed by atoms with Crippen LogP contribution in [0.1, 0.15) is 0 Å². The van der Waals surface area contributed by atoms with Crippen LogP contribution in [0.15, 0.2) is 39.8 Å². The molecule has 2 rings (SSSR count). The molecule has 0 aliphatic rings. The highest BCUT2D eigenvalue weighted by atomic mass is 79.9. The summed E-state index contributed by atoms with van der Waals surface area (Å²) in [5.74, 6) is 0.0764. The van der Waals surface area contributed by atoms with Crippen molar-refractivity contribution in [2.45, 2.75) is 4.90 Å². The normalized spacial score (nSPS) is 11.4. The predicted molar refractivity (Wildman–Crippen MR) is 84.2 cm³/mol. The third kappa shape index (κ3) is 3.56. The second-order valence-electron chi connectivity index (χ2n) is 3.66. The minimum Gasteiger partial charge on any atom is -0.263 e. The molecular formula is C11H6BrCl3N2O2S. The average molecular weight is 417 g/mol. The van der Waals surface area contributed by atoms with Crippen molar-refractivity contribution >= 4 is 66.6 Å². The number of aromatic nitrogens is 1. The Hall–Kier alpha value is -0.530. The summed E-state index contributed by atoms with van der Waals surface area (Å²) in [5, 5.41) is 0.350. The zero-order valence-electron chi connectivity index (χ0n) is 9.57. The van der Waals surface area contributed by atoms with E-state index in [0.29, 0.717) is 9.50 Å². The van der Waals surface area contributed by atoms with Gasteiger partial charge in [0.25, 0.3) is 10.0 Å². The Labute approximate surface area is 139 Å². The lowest BCUT2D eigenvalue weighted by Crippen LogP contribution is -2.15. The second kappa shape index (κ2) is 6.07. The lowest BCUT2D eigenvalue weighted by molar-refractivity contribution is 0.601. The molecule has 0 unspecified atom stereocenters. The first-order chi connectivity index (χ1) is 9.29. The molecule has 0 saturated heterocycles. The number of hydrogen-bond acceptors (Lipinski definition) is 3. The fraction of sp³-hybridized carbons (Fsp3) is 0. The number of nitrogens with zero attached hydrogens (tertiary/aromatic N) is 1. The van der Waals surface area contributed by atoms with Crippen molar-refractivity contribution in [3.05, 3.63) is 50.0 Å². The molecule has 1 aromatic carbocycles. The fourth-order valence-electron chi connectivity index (χ4n) is 1.43.